The largest absolute Gasteiger partial charge is 0.493 e. The van der Waals surface area contributed by atoms with E-state index in [1.807, 2.05) is 30.3 Å². The van der Waals surface area contributed by atoms with E-state index in [1.54, 1.807) is 12.1 Å². The van der Waals surface area contributed by atoms with Gasteiger partial charge in [0.2, 0.25) is 5.75 Å². The second-order valence-electron chi connectivity index (χ2n) is 8.68. The third-order valence-electron chi connectivity index (χ3n) is 5.76. The second-order valence-corrected chi connectivity index (χ2v) is 10.5. The summed E-state index contributed by atoms with van der Waals surface area (Å²) in [5.41, 5.74) is 1.70. The number of carbonyl (C=O) groups excluding carboxylic acids is 1. The van der Waals surface area contributed by atoms with Crippen molar-refractivity contribution in [1.82, 2.24) is 5.43 Å². The Bertz CT molecular complexity index is 1680. The van der Waals surface area contributed by atoms with Gasteiger partial charge in [-0.1, -0.05) is 46.3 Å². The molecule has 14 heteroatoms. The molecule has 0 heterocycles. The fourth-order valence-corrected chi connectivity index (χ4v) is 5.04. The fourth-order valence-electron chi connectivity index (χ4n) is 3.70. The number of nitro benzene ring substituents is 1. The lowest BCUT2D eigenvalue weighted by molar-refractivity contribution is -0.385. The number of amides is 1. The number of ether oxygens (including phenoxy) is 3. The summed E-state index contributed by atoms with van der Waals surface area (Å²) in [6.07, 6.45) is -3.57. The van der Waals surface area contributed by atoms with Crippen molar-refractivity contribution in [3.63, 3.8) is 0 Å². The van der Waals surface area contributed by atoms with E-state index in [9.17, 15) is 28.1 Å². The van der Waals surface area contributed by atoms with E-state index >= 15 is 0 Å². The van der Waals surface area contributed by atoms with Crippen LogP contribution in [0.4, 0.5) is 18.9 Å². The lowest BCUT2D eigenvalue weighted by Gasteiger charge is -2.13. The van der Waals surface area contributed by atoms with Crippen LogP contribution < -0.4 is 19.6 Å². The average molecular weight is 723 g/mol. The molecular weight excluding hydrogens is 703 g/mol. The van der Waals surface area contributed by atoms with Gasteiger partial charge in [-0.25, -0.2) is 5.43 Å². The minimum absolute atomic E-state index is 0.00523. The first-order valence-electron chi connectivity index (χ1n) is 12.2. The van der Waals surface area contributed by atoms with Crippen molar-refractivity contribution in [1.29, 1.82) is 0 Å². The summed E-state index contributed by atoms with van der Waals surface area (Å²) >= 11 is 6.61. The first kappa shape index (κ1) is 31.5. The number of hydrazone groups is 1. The molecule has 9 nitrogen and oxygen atoms in total. The van der Waals surface area contributed by atoms with Crippen LogP contribution in [-0.4, -0.2) is 24.2 Å². The molecule has 0 unspecified atom stereocenters. The summed E-state index contributed by atoms with van der Waals surface area (Å²) in [4.78, 5) is 23.3. The van der Waals surface area contributed by atoms with Crippen molar-refractivity contribution in [2.24, 2.45) is 5.10 Å². The van der Waals surface area contributed by atoms with Gasteiger partial charge in [0.05, 0.1) is 28.3 Å². The molecule has 0 aromatic heterocycles. The van der Waals surface area contributed by atoms with Gasteiger partial charge in [0.25, 0.3) is 5.91 Å². The first-order valence-corrected chi connectivity index (χ1v) is 13.8. The molecule has 0 fully saturated rings. The molecule has 4 aromatic rings. The van der Waals surface area contributed by atoms with E-state index in [2.05, 4.69) is 42.4 Å². The number of nitrogens with zero attached hydrogens (tertiary/aromatic N) is 2. The van der Waals surface area contributed by atoms with Crippen molar-refractivity contribution in [2.45, 2.75) is 12.8 Å². The maximum Gasteiger partial charge on any atom is 0.416 e. The molecule has 0 bridgehead atoms. The predicted octanol–water partition coefficient (Wildman–Crippen LogP) is 8.28. The SMILES string of the molecule is COc1cc(C(=O)N/N=C/c2cc(Br)cc(Br)c2Oc2ccc(C(F)(F)F)cc2[N+](=O)[O-])ccc1OCc1ccccc1. The van der Waals surface area contributed by atoms with Crippen molar-refractivity contribution >= 4 is 49.7 Å². The molecule has 43 heavy (non-hydrogen) atoms. The molecule has 1 amide bonds. The number of benzene rings is 4. The van der Waals surface area contributed by atoms with Gasteiger partial charge in [-0.05, 0) is 64.0 Å². The zero-order valence-corrected chi connectivity index (χ0v) is 25.2. The summed E-state index contributed by atoms with van der Waals surface area (Å²) in [5.74, 6) is -0.243. The van der Waals surface area contributed by atoms with Crippen LogP contribution in [0.5, 0.6) is 23.0 Å². The number of hydrogen-bond donors (Lipinski definition) is 1. The molecule has 0 spiro atoms. The number of halogens is 5. The molecule has 0 atom stereocenters. The Balaban J connectivity index is 1.52. The van der Waals surface area contributed by atoms with Crippen LogP contribution in [-0.2, 0) is 12.8 Å². The van der Waals surface area contributed by atoms with Crippen molar-refractivity contribution in [3.8, 4) is 23.0 Å². The van der Waals surface area contributed by atoms with Gasteiger partial charge < -0.3 is 14.2 Å². The van der Waals surface area contributed by atoms with Crippen LogP contribution >= 0.6 is 31.9 Å². The summed E-state index contributed by atoms with van der Waals surface area (Å²) in [5, 5.41) is 15.5. The van der Waals surface area contributed by atoms with Gasteiger partial charge >= 0.3 is 11.9 Å². The standard InChI is InChI=1S/C29H20Br2F3N3O6/c1-41-26-12-18(7-9-25(26)42-16-17-5-3-2-4-6-17)28(38)36-35-15-19-11-21(30)14-22(31)27(19)43-24-10-8-20(29(32,33)34)13-23(24)37(39)40/h2-15H,16H2,1H3,(H,36,38)/b35-15+. The molecule has 1 N–H and O–H groups in total. The summed E-state index contributed by atoms with van der Waals surface area (Å²) in [6, 6.07) is 19.1. The summed E-state index contributed by atoms with van der Waals surface area (Å²) in [6.45, 7) is 0.301. The Hall–Kier alpha value is -4.43. The first-order chi connectivity index (χ1) is 20.5. The van der Waals surface area contributed by atoms with Gasteiger partial charge in [-0.15, -0.1) is 0 Å². The molecule has 222 valence electrons. The minimum Gasteiger partial charge on any atom is -0.493 e. The van der Waals surface area contributed by atoms with Crippen LogP contribution in [0.15, 0.2) is 92.9 Å². The Morgan fingerprint density at radius 3 is 2.40 bits per heavy atom. The molecule has 0 aliphatic rings. The molecule has 0 radical (unpaired) electrons. The summed E-state index contributed by atoms with van der Waals surface area (Å²) < 4.78 is 57.1. The number of nitro groups is 1. The highest BCUT2D eigenvalue weighted by Gasteiger charge is 2.33. The Morgan fingerprint density at radius 1 is 1.00 bits per heavy atom. The van der Waals surface area contributed by atoms with Crippen LogP contribution in [0.3, 0.4) is 0 Å². The van der Waals surface area contributed by atoms with Gasteiger partial charge in [-0.3, -0.25) is 14.9 Å². The van der Waals surface area contributed by atoms with E-state index in [0.29, 0.717) is 39.2 Å². The van der Waals surface area contributed by atoms with Gasteiger partial charge in [0.15, 0.2) is 17.2 Å². The quantitative estimate of drug-likeness (QED) is 0.100. The Morgan fingerprint density at radius 2 is 1.72 bits per heavy atom. The van der Waals surface area contributed by atoms with Crippen LogP contribution in [0.2, 0.25) is 0 Å². The highest BCUT2D eigenvalue weighted by Crippen LogP contribution is 2.41. The van der Waals surface area contributed by atoms with Gasteiger partial charge in [0.1, 0.15) is 6.61 Å². The molecule has 0 aliphatic carbocycles. The number of nitrogens with one attached hydrogen (secondary N) is 1. The lowest BCUT2D eigenvalue weighted by Crippen LogP contribution is -2.17. The maximum absolute atomic E-state index is 13.1. The van der Waals surface area contributed by atoms with E-state index in [1.165, 1.54) is 31.5 Å². The van der Waals surface area contributed by atoms with Crippen LogP contribution in [0.1, 0.15) is 27.0 Å². The molecule has 0 saturated heterocycles. The van der Waals surface area contributed by atoms with Gasteiger partial charge in [-0.2, -0.15) is 18.3 Å². The van der Waals surface area contributed by atoms with E-state index < -0.39 is 34.0 Å². The predicted molar refractivity (Wildman–Crippen MR) is 159 cm³/mol. The van der Waals surface area contributed by atoms with Crippen LogP contribution in [0.25, 0.3) is 0 Å². The van der Waals surface area contributed by atoms with E-state index in [-0.39, 0.29) is 16.9 Å². The monoisotopic (exact) mass is 721 g/mol. The number of alkyl halides is 3. The third kappa shape index (κ3) is 8.11. The number of hydrogen-bond acceptors (Lipinski definition) is 7. The number of methoxy groups -OCH3 is 1. The lowest BCUT2D eigenvalue weighted by atomic mass is 10.1. The van der Waals surface area contributed by atoms with E-state index in [0.717, 1.165) is 11.6 Å². The minimum atomic E-state index is -4.78. The zero-order valence-electron chi connectivity index (χ0n) is 22.0. The Kier molecular flexibility index (Phi) is 10.0. The summed E-state index contributed by atoms with van der Waals surface area (Å²) in [7, 11) is 1.44. The van der Waals surface area contributed by atoms with Crippen molar-refractivity contribution in [2.75, 3.05) is 7.11 Å². The Labute approximate surface area is 259 Å². The topological polar surface area (TPSA) is 112 Å². The average Bonchev–Trinajstić information content (AvgIpc) is 2.97. The molecule has 4 aromatic carbocycles. The molecule has 0 aliphatic heterocycles. The highest BCUT2D eigenvalue weighted by atomic mass is 79.9. The number of rotatable bonds is 10. The molecule has 4 rings (SSSR count). The maximum atomic E-state index is 13.1. The second kappa shape index (κ2) is 13.7. The van der Waals surface area contributed by atoms with Gasteiger partial charge in [0, 0.05) is 21.7 Å². The van der Waals surface area contributed by atoms with Crippen molar-refractivity contribution < 1.29 is 37.1 Å². The molecular formula is C29H20Br2F3N3O6. The normalized spacial score (nSPS) is 11.3. The van der Waals surface area contributed by atoms with Crippen molar-refractivity contribution in [3.05, 3.63) is 120 Å². The third-order valence-corrected chi connectivity index (χ3v) is 6.81. The van der Waals surface area contributed by atoms with E-state index in [4.69, 9.17) is 14.2 Å². The van der Waals surface area contributed by atoms with Crippen LogP contribution in [0, 0.1) is 10.1 Å². The smallest absolute Gasteiger partial charge is 0.416 e. The molecule has 0 saturated carbocycles. The fraction of sp³-hybridized carbons (Fsp3) is 0.103. The zero-order chi connectivity index (χ0) is 31.1. The number of carbonyl (C=O) groups is 1. The highest BCUT2D eigenvalue weighted by molar-refractivity contribution is 9.11.